The highest BCUT2D eigenvalue weighted by Crippen LogP contribution is 2.36. The molecule has 2 aromatic rings. The number of alkyl halides is 2. The maximum atomic E-state index is 12.4. The fraction of sp³-hybridized carbons (Fsp3) is 0.381. The average Bonchev–Trinajstić information content (AvgIpc) is 2.97. The van der Waals surface area contributed by atoms with Gasteiger partial charge < -0.3 is 9.84 Å². The van der Waals surface area contributed by atoms with Crippen molar-refractivity contribution in [1.29, 1.82) is 0 Å². The Morgan fingerprint density at radius 3 is 2.44 bits per heavy atom. The summed E-state index contributed by atoms with van der Waals surface area (Å²) in [5, 5.41) is 11.6. The molecule has 2 heterocycles. The number of benzene rings is 2. The molecule has 2 aliphatic heterocycles. The van der Waals surface area contributed by atoms with Crippen LogP contribution in [-0.4, -0.2) is 35.2 Å². The first-order valence-electron chi connectivity index (χ1n) is 9.23. The zero-order valence-corrected chi connectivity index (χ0v) is 15.2. The molecule has 1 N–H and O–H groups in total. The standard InChI is InChI=1S/C21H23F2N2O2/c1-15-5-9-17(10-6-15)24-14-21(26,25-13-3-2-4-19(24)25)16-7-11-18(12-8-16)27-20(22)23/h5-12,20,26H,2-4,13-14H2,1H3/q+1/t21-/m1/s1. The van der Waals surface area contributed by atoms with Crippen molar-refractivity contribution in [3.05, 3.63) is 59.7 Å². The second-order valence-corrected chi connectivity index (χ2v) is 7.17. The number of aryl methyl sites for hydroxylation is 1. The zero-order chi connectivity index (χ0) is 19.0. The zero-order valence-electron chi connectivity index (χ0n) is 15.2. The van der Waals surface area contributed by atoms with Gasteiger partial charge in [-0.15, -0.1) is 0 Å². The molecule has 0 bridgehead atoms. The summed E-state index contributed by atoms with van der Waals surface area (Å²) < 4.78 is 31.3. The lowest BCUT2D eigenvalue weighted by Crippen LogP contribution is -2.41. The molecule has 0 fully saturated rings. The summed E-state index contributed by atoms with van der Waals surface area (Å²) in [5.74, 6) is 1.20. The van der Waals surface area contributed by atoms with Crippen molar-refractivity contribution in [2.45, 2.75) is 38.5 Å². The molecule has 0 aliphatic carbocycles. The van der Waals surface area contributed by atoms with E-state index in [1.165, 1.54) is 17.7 Å². The van der Waals surface area contributed by atoms with Gasteiger partial charge in [-0.1, -0.05) is 17.7 Å². The van der Waals surface area contributed by atoms with E-state index in [2.05, 4.69) is 38.5 Å². The van der Waals surface area contributed by atoms with Gasteiger partial charge in [-0.2, -0.15) is 8.78 Å². The molecule has 142 valence electrons. The van der Waals surface area contributed by atoms with Crippen LogP contribution in [0.5, 0.6) is 5.75 Å². The summed E-state index contributed by atoms with van der Waals surface area (Å²) in [5.41, 5.74) is 1.73. The van der Waals surface area contributed by atoms with Crippen molar-refractivity contribution in [1.82, 2.24) is 0 Å². The van der Waals surface area contributed by atoms with E-state index < -0.39 is 12.3 Å². The molecule has 0 radical (unpaired) electrons. The van der Waals surface area contributed by atoms with Crippen molar-refractivity contribution >= 4 is 11.5 Å². The second-order valence-electron chi connectivity index (χ2n) is 7.17. The number of aliphatic hydroxyl groups is 1. The predicted octanol–water partition coefficient (Wildman–Crippen LogP) is 3.86. The van der Waals surface area contributed by atoms with Crippen LogP contribution in [0.2, 0.25) is 0 Å². The highest BCUT2D eigenvalue weighted by Gasteiger charge is 2.52. The summed E-state index contributed by atoms with van der Waals surface area (Å²) in [7, 11) is 0. The fourth-order valence-corrected chi connectivity index (χ4v) is 4.01. The van der Waals surface area contributed by atoms with Crippen molar-refractivity contribution < 1.29 is 23.2 Å². The second kappa shape index (κ2) is 6.93. The summed E-state index contributed by atoms with van der Waals surface area (Å²) in [6.07, 6.45) is 3.01. The van der Waals surface area contributed by atoms with Gasteiger partial charge in [0.25, 0.3) is 11.6 Å². The number of ether oxygens (including phenoxy) is 1. The van der Waals surface area contributed by atoms with E-state index in [-0.39, 0.29) is 5.75 Å². The smallest absolute Gasteiger partial charge is 0.387 e. The van der Waals surface area contributed by atoms with Crippen LogP contribution < -0.4 is 9.64 Å². The van der Waals surface area contributed by atoms with Gasteiger partial charge in [0.1, 0.15) is 11.4 Å². The average molecular weight is 373 g/mol. The maximum Gasteiger partial charge on any atom is 0.387 e. The van der Waals surface area contributed by atoms with Gasteiger partial charge in [0.05, 0.1) is 6.54 Å². The topological polar surface area (TPSA) is 35.7 Å². The number of nitrogens with zero attached hydrogens (tertiary/aromatic N) is 2. The molecule has 2 aliphatic rings. The minimum Gasteiger partial charge on any atom is -0.435 e. The fourth-order valence-electron chi connectivity index (χ4n) is 4.01. The van der Waals surface area contributed by atoms with Crippen LogP contribution in [0.1, 0.15) is 30.4 Å². The van der Waals surface area contributed by atoms with Gasteiger partial charge in [0.2, 0.25) is 0 Å². The monoisotopic (exact) mass is 373 g/mol. The van der Waals surface area contributed by atoms with E-state index in [1.54, 1.807) is 12.1 Å². The molecule has 4 nitrogen and oxygen atoms in total. The Hall–Kier alpha value is -2.47. The minimum absolute atomic E-state index is 0.0913. The Kier molecular flexibility index (Phi) is 4.60. The lowest BCUT2D eigenvalue weighted by molar-refractivity contribution is -0.661. The van der Waals surface area contributed by atoms with Gasteiger partial charge in [0.15, 0.2) is 6.54 Å². The molecular formula is C21H23F2N2O2+. The van der Waals surface area contributed by atoms with E-state index in [0.717, 1.165) is 37.3 Å². The normalized spacial score (nSPS) is 22.3. The SMILES string of the molecule is Cc1ccc(N2C[C@@](O)(c3ccc(OC(F)F)cc3)[N+]3=C2CCCC3)cc1. The molecular weight excluding hydrogens is 350 g/mol. The number of amidine groups is 1. The van der Waals surface area contributed by atoms with Gasteiger partial charge in [-0.25, -0.2) is 9.48 Å². The molecule has 6 heteroatoms. The van der Waals surface area contributed by atoms with Crippen molar-refractivity contribution in [2.75, 3.05) is 18.0 Å². The van der Waals surface area contributed by atoms with Crippen molar-refractivity contribution in [3.63, 3.8) is 0 Å². The van der Waals surface area contributed by atoms with E-state index in [1.807, 2.05) is 6.92 Å². The van der Waals surface area contributed by atoms with Crippen molar-refractivity contribution in [3.8, 4) is 5.75 Å². The van der Waals surface area contributed by atoms with Gasteiger partial charge in [-0.3, -0.25) is 0 Å². The Morgan fingerprint density at radius 1 is 1.07 bits per heavy atom. The lowest BCUT2D eigenvalue weighted by Gasteiger charge is -2.24. The van der Waals surface area contributed by atoms with Crippen LogP contribution in [0, 0.1) is 6.92 Å². The summed E-state index contributed by atoms with van der Waals surface area (Å²) in [4.78, 5) is 2.17. The Morgan fingerprint density at radius 2 is 1.78 bits per heavy atom. The molecule has 2 aromatic carbocycles. The van der Waals surface area contributed by atoms with Crippen LogP contribution in [0.3, 0.4) is 0 Å². The molecule has 0 spiro atoms. The number of anilines is 1. The summed E-state index contributed by atoms with van der Waals surface area (Å²) in [6.45, 7) is 0.362. The number of β-amino-alcohol motifs (C(OH)–C–C–N with tert-alkyl or cyclic N) is 1. The van der Waals surface area contributed by atoms with Gasteiger partial charge in [0, 0.05) is 12.0 Å². The highest BCUT2D eigenvalue weighted by molar-refractivity contribution is 5.96. The van der Waals surface area contributed by atoms with Crippen LogP contribution in [0.4, 0.5) is 14.5 Å². The molecule has 0 saturated heterocycles. The van der Waals surface area contributed by atoms with E-state index in [9.17, 15) is 13.9 Å². The van der Waals surface area contributed by atoms with Crippen LogP contribution in [0.25, 0.3) is 0 Å². The molecule has 0 amide bonds. The maximum absolute atomic E-state index is 12.4. The lowest BCUT2D eigenvalue weighted by atomic mass is 10.0. The van der Waals surface area contributed by atoms with Crippen molar-refractivity contribution in [2.24, 2.45) is 0 Å². The third kappa shape index (κ3) is 3.30. The number of halogens is 2. The summed E-state index contributed by atoms with van der Waals surface area (Å²) >= 11 is 0. The third-order valence-electron chi connectivity index (χ3n) is 5.37. The quantitative estimate of drug-likeness (QED) is 0.827. The Bertz CT molecular complexity index is 849. The Labute approximate surface area is 157 Å². The largest absolute Gasteiger partial charge is 0.435 e. The van der Waals surface area contributed by atoms with Crippen LogP contribution in [-0.2, 0) is 5.72 Å². The Balaban J connectivity index is 1.69. The van der Waals surface area contributed by atoms with Crippen LogP contribution in [0.15, 0.2) is 48.5 Å². The molecule has 0 unspecified atom stereocenters. The summed E-state index contributed by atoms with van der Waals surface area (Å²) in [6, 6.07) is 14.6. The first kappa shape index (κ1) is 17.9. The van der Waals surface area contributed by atoms with E-state index >= 15 is 0 Å². The highest BCUT2D eigenvalue weighted by atomic mass is 19.3. The molecule has 0 aromatic heterocycles. The minimum atomic E-state index is -2.86. The number of hydrogen-bond donors (Lipinski definition) is 1. The molecule has 1 atom stereocenters. The number of hydrogen-bond acceptors (Lipinski definition) is 3. The molecule has 27 heavy (non-hydrogen) atoms. The molecule has 4 rings (SSSR count). The predicted molar refractivity (Wildman–Crippen MR) is 99.5 cm³/mol. The van der Waals surface area contributed by atoms with Gasteiger partial charge in [-0.05, 0) is 56.2 Å². The van der Waals surface area contributed by atoms with Crippen LogP contribution >= 0.6 is 0 Å². The molecule has 0 saturated carbocycles. The third-order valence-corrected chi connectivity index (χ3v) is 5.37. The number of rotatable bonds is 4. The van der Waals surface area contributed by atoms with E-state index in [0.29, 0.717) is 12.1 Å². The van der Waals surface area contributed by atoms with Gasteiger partial charge >= 0.3 is 6.61 Å². The first-order chi connectivity index (χ1) is 13.0. The first-order valence-corrected chi connectivity index (χ1v) is 9.23. The van der Waals surface area contributed by atoms with E-state index in [4.69, 9.17) is 0 Å².